The first-order valence-electron chi connectivity index (χ1n) is 5.78. The van der Waals surface area contributed by atoms with Crippen molar-refractivity contribution >= 4 is 34.4 Å². The summed E-state index contributed by atoms with van der Waals surface area (Å²) in [6, 6.07) is 8.17. The molecule has 0 radical (unpaired) electrons. The molecule has 1 aromatic heterocycles. The summed E-state index contributed by atoms with van der Waals surface area (Å²) in [4.78, 5) is 0.277. The Morgan fingerprint density at radius 1 is 1.28 bits per heavy atom. The number of aromatic amines is 1. The molecule has 3 nitrogen and oxygen atoms in total. The molecular formula is C13H11ClN2OS. The fourth-order valence-electron chi connectivity index (χ4n) is 2.24. The number of H-pyrrole nitrogens is 1. The third-order valence-corrected chi connectivity index (χ3v) is 3.69. The van der Waals surface area contributed by atoms with Crippen molar-refractivity contribution in [3.8, 4) is 0 Å². The molecule has 0 aliphatic heterocycles. The fraction of sp³-hybridized carbons (Fsp3) is 0.231. The monoisotopic (exact) mass is 278 g/mol. The second-order valence-corrected chi connectivity index (χ2v) is 4.97. The van der Waals surface area contributed by atoms with E-state index in [0.29, 0.717) is 10.9 Å². The number of aryl methyl sites for hydroxylation is 1. The lowest BCUT2D eigenvalue weighted by Gasteiger charge is -2.05. The van der Waals surface area contributed by atoms with Crippen LogP contribution < -0.4 is 0 Å². The molecule has 1 aliphatic carbocycles. The van der Waals surface area contributed by atoms with Crippen molar-refractivity contribution in [2.75, 3.05) is 0 Å². The molecule has 1 heterocycles. The molecule has 92 valence electrons. The van der Waals surface area contributed by atoms with Crippen LogP contribution in [0.15, 0.2) is 28.7 Å². The van der Waals surface area contributed by atoms with E-state index in [4.69, 9.17) is 28.2 Å². The van der Waals surface area contributed by atoms with Crippen molar-refractivity contribution in [2.45, 2.75) is 19.3 Å². The molecule has 2 aromatic rings. The Labute approximate surface area is 114 Å². The SMILES string of the molecule is S=c1[nH]nc(C2=C(Cl)c3ccccc3CCC2)o1. The first-order valence-corrected chi connectivity index (χ1v) is 6.57. The van der Waals surface area contributed by atoms with Gasteiger partial charge in [-0.2, -0.15) is 0 Å². The highest BCUT2D eigenvalue weighted by molar-refractivity contribution is 7.71. The van der Waals surface area contributed by atoms with Gasteiger partial charge in [0, 0.05) is 5.57 Å². The number of nitrogens with zero attached hydrogens (tertiary/aromatic N) is 1. The summed E-state index contributed by atoms with van der Waals surface area (Å²) in [5, 5.41) is 7.42. The molecule has 5 heteroatoms. The van der Waals surface area contributed by atoms with E-state index in [-0.39, 0.29) is 4.84 Å². The van der Waals surface area contributed by atoms with E-state index >= 15 is 0 Å². The average molecular weight is 279 g/mol. The summed E-state index contributed by atoms with van der Waals surface area (Å²) >= 11 is 11.4. The zero-order chi connectivity index (χ0) is 12.5. The second-order valence-electron chi connectivity index (χ2n) is 4.22. The molecule has 0 bridgehead atoms. The van der Waals surface area contributed by atoms with Gasteiger partial charge in [-0.15, -0.1) is 5.10 Å². The lowest BCUT2D eigenvalue weighted by molar-refractivity contribution is 0.520. The molecule has 0 spiro atoms. The number of nitrogens with one attached hydrogen (secondary N) is 1. The Morgan fingerprint density at radius 3 is 2.89 bits per heavy atom. The van der Waals surface area contributed by atoms with Crippen LogP contribution in [-0.4, -0.2) is 10.2 Å². The van der Waals surface area contributed by atoms with Gasteiger partial charge in [0.05, 0.1) is 5.03 Å². The number of aromatic nitrogens is 2. The van der Waals surface area contributed by atoms with Crippen LogP contribution in [-0.2, 0) is 6.42 Å². The highest BCUT2D eigenvalue weighted by Crippen LogP contribution is 2.37. The molecule has 1 aliphatic rings. The zero-order valence-electron chi connectivity index (χ0n) is 9.57. The maximum absolute atomic E-state index is 6.49. The number of hydrogen-bond donors (Lipinski definition) is 1. The molecule has 0 fully saturated rings. The van der Waals surface area contributed by atoms with Crippen LogP contribution in [0.25, 0.3) is 10.6 Å². The molecule has 0 saturated heterocycles. The Bertz CT molecular complexity index is 671. The van der Waals surface area contributed by atoms with Gasteiger partial charge < -0.3 is 4.42 Å². The molecule has 0 saturated carbocycles. The van der Waals surface area contributed by atoms with E-state index in [1.165, 1.54) is 5.56 Å². The predicted octanol–water partition coefficient (Wildman–Crippen LogP) is 4.18. The van der Waals surface area contributed by atoms with Gasteiger partial charge in [-0.05, 0) is 42.6 Å². The molecule has 0 amide bonds. The van der Waals surface area contributed by atoms with Crippen molar-refractivity contribution in [3.05, 3.63) is 46.1 Å². The molecule has 1 N–H and O–H groups in total. The van der Waals surface area contributed by atoms with Crippen LogP contribution in [0.2, 0.25) is 0 Å². The van der Waals surface area contributed by atoms with Crippen LogP contribution in [0.1, 0.15) is 29.9 Å². The van der Waals surface area contributed by atoms with E-state index in [1.807, 2.05) is 18.2 Å². The number of allylic oxidation sites excluding steroid dienone is 1. The van der Waals surface area contributed by atoms with Crippen LogP contribution in [0.3, 0.4) is 0 Å². The first kappa shape index (κ1) is 11.7. The van der Waals surface area contributed by atoms with E-state index in [9.17, 15) is 0 Å². The molecular weight excluding hydrogens is 268 g/mol. The zero-order valence-corrected chi connectivity index (χ0v) is 11.1. The van der Waals surface area contributed by atoms with Crippen LogP contribution in [0, 0.1) is 4.84 Å². The third-order valence-electron chi connectivity index (χ3n) is 3.09. The van der Waals surface area contributed by atoms with Crippen molar-refractivity contribution in [3.63, 3.8) is 0 Å². The number of benzene rings is 1. The van der Waals surface area contributed by atoms with Gasteiger partial charge in [0.1, 0.15) is 0 Å². The standard InChI is InChI=1S/C13H11ClN2OS/c14-11-9-6-2-1-4-8(9)5-3-7-10(11)12-15-16-13(18)17-12/h1-2,4,6H,3,5,7H2,(H,16,18). The Kier molecular flexibility index (Phi) is 3.06. The third kappa shape index (κ3) is 2.02. The Balaban J connectivity index is 2.17. The number of halogens is 1. The van der Waals surface area contributed by atoms with Gasteiger partial charge in [0.25, 0.3) is 4.84 Å². The number of hydrogen-bond acceptors (Lipinski definition) is 3. The van der Waals surface area contributed by atoms with Gasteiger partial charge >= 0.3 is 0 Å². The maximum Gasteiger partial charge on any atom is 0.284 e. The fourth-order valence-corrected chi connectivity index (χ4v) is 2.72. The smallest absolute Gasteiger partial charge is 0.284 e. The van der Waals surface area contributed by atoms with Gasteiger partial charge in [-0.1, -0.05) is 35.9 Å². The van der Waals surface area contributed by atoms with E-state index in [0.717, 1.165) is 30.4 Å². The highest BCUT2D eigenvalue weighted by Gasteiger charge is 2.19. The van der Waals surface area contributed by atoms with Crippen molar-refractivity contribution in [1.82, 2.24) is 10.2 Å². The first-order chi connectivity index (χ1) is 8.75. The largest absolute Gasteiger partial charge is 0.410 e. The van der Waals surface area contributed by atoms with Crippen LogP contribution in [0.5, 0.6) is 0 Å². The average Bonchev–Trinajstić information content (AvgIpc) is 2.73. The molecule has 1 aromatic carbocycles. The van der Waals surface area contributed by atoms with E-state index < -0.39 is 0 Å². The Hall–Kier alpha value is -1.39. The minimum absolute atomic E-state index is 0.277. The summed E-state index contributed by atoms with van der Waals surface area (Å²) in [5.74, 6) is 0.502. The van der Waals surface area contributed by atoms with Crippen molar-refractivity contribution in [1.29, 1.82) is 0 Å². The quantitative estimate of drug-likeness (QED) is 0.796. The number of fused-ring (bicyclic) bond motifs is 1. The Morgan fingerprint density at radius 2 is 2.11 bits per heavy atom. The topological polar surface area (TPSA) is 41.8 Å². The van der Waals surface area contributed by atoms with Gasteiger partial charge in [-0.25, -0.2) is 5.10 Å². The van der Waals surface area contributed by atoms with Gasteiger partial charge in [0.2, 0.25) is 5.89 Å². The summed E-state index contributed by atoms with van der Waals surface area (Å²) < 4.78 is 5.37. The number of rotatable bonds is 1. The summed E-state index contributed by atoms with van der Waals surface area (Å²) in [6.07, 6.45) is 2.88. The molecule has 3 rings (SSSR count). The summed E-state index contributed by atoms with van der Waals surface area (Å²) in [5.41, 5.74) is 3.26. The lowest BCUT2D eigenvalue weighted by Crippen LogP contribution is -1.88. The summed E-state index contributed by atoms with van der Waals surface area (Å²) in [7, 11) is 0. The van der Waals surface area contributed by atoms with Crippen LogP contribution in [0.4, 0.5) is 0 Å². The van der Waals surface area contributed by atoms with Crippen molar-refractivity contribution in [2.24, 2.45) is 0 Å². The minimum atomic E-state index is 0.277. The van der Waals surface area contributed by atoms with E-state index in [2.05, 4.69) is 16.3 Å². The molecule has 18 heavy (non-hydrogen) atoms. The maximum atomic E-state index is 6.49. The predicted molar refractivity (Wildman–Crippen MR) is 73.7 cm³/mol. The van der Waals surface area contributed by atoms with Gasteiger partial charge in [0.15, 0.2) is 0 Å². The van der Waals surface area contributed by atoms with Gasteiger partial charge in [-0.3, -0.25) is 0 Å². The van der Waals surface area contributed by atoms with Crippen LogP contribution >= 0.6 is 23.8 Å². The minimum Gasteiger partial charge on any atom is -0.410 e. The summed E-state index contributed by atoms with van der Waals surface area (Å²) in [6.45, 7) is 0. The molecule has 0 atom stereocenters. The van der Waals surface area contributed by atoms with E-state index in [1.54, 1.807) is 0 Å². The highest BCUT2D eigenvalue weighted by atomic mass is 35.5. The second kappa shape index (κ2) is 4.71. The molecule has 0 unspecified atom stereocenters. The van der Waals surface area contributed by atoms with Crippen molar-refractivity contribution < 1.29 is 4.42 Å². The lowest BCUT2D eigenvalue weighted by atomic mass is 10.0. The normalized spacial score (nSPS) is 15.4.